The molecule has 2 rings (SSSR count). The highest BCUT2D eigenvalue weighted by molar-refractivity contribution is 5.76. The van der Waals surface area contributed by atoms with E-state index >= 15 is 0 Å². The number of hydrogen-bond donors (Lipinski definition) is 2. The minimum Gasteiger partial charge on any atom is -0.493 e. The summed E-state index contributed by atoms with van der Waals surface area (Å²) in [6.45, 7) is 0.716. The van der Waals surface area contributed by atoms with Gasteiger partial charge in [-0.1, -0.05) is 12.1 Å². The van der Waals surface area contributed by atoms with Crippen molar-refractivity contribution in [2.45, 2.75) is 18.9 Å². The average Bonchev–Trinajstić information content (AvgIpc) is 2.30. The van der Waals surface area contributed by atoms with Gasteiger partial charge in [-0.25, -0.2) is 0 Å². The van der Waals surface area contributed by atoms with Crippen molar-refractivity contribution in [1.29, 1.82) is 0 Å². The lowest BCUT2D eigenvalue weighted by atomic mass is 9.95. The van der Waals surface area contributed by atoms with Crippen LogP contribution < -0.4 is 10.1 Å². The summed E-state index contributed by atoms with van der Waals surface area (Å²) in [4.78, 5) is 11.1. The van der Waals surface area contributed by atoms with E-state index in [0.29, 0.717) is 6.61 Å². The normalized spacial score (nSPS) is 16.1. The molecule has 0 saturated carbocycles. The first-order valence-electron chi connectivity index (χ1n) is 5.38. The van der Waals surface area contributed by atoms with Crippen molar-refractivity contribution in [1.82, 2.24) is 5.32 Å². The molecule has 1 aliphatic heterocycles. The highest BCUT2D eigenvalue weighted by Gasteiger charge is 2.23. The maximum Gasteiger partial charge on any atom is 0.325 e. The molecular weight excluding hydrogens is 206 g/mol. The lowest BCUT2D eigenvalue weighted by Crippen LogP contribution is -2.27. The number of hydrogen-bond acceptors (Lipinski definition) is 3. The summed E-state index contributed by atoms with van der Waals surface area (Å²) in [6, 6.07) is 4.93. The number of carboxylic acids is 1. The van der Waals surface area contributed by atoms with Gasteiger partial charge < -0.3 is 15.2 Å². The van der Waals surface area contributed by atoms with E-state index in [0.717, 1.165) is 29.7 Å². The van der Waals surface area contributed by atoms with Crippen LogP contribution in [0.15, 0.2) is 18.2 Å². The first kappa shape index (κ1) is 11.0. The van der Waals surface area contributed by atoms with Crippen LogP contribution >= 0.6 is 0 Å². The molecule has 1 aromatic rings. The minimum absolute atomic E-state index is 0.656. The van der Waals surface area contributed by atoms with Crippen molar-refractivity contribution in [3.63, 3.8) is 0 Å². The molecule has 1 atom stereocenters. The number of benzene rings is 1. The highest BCUT2D eigenvalue weighted by atomic mass is 16.5. The molecule has 0 radical (unpaired) electrons. The largest absolute Gasteiger partial charge is 0.493 e. The van der Waals surface area contributed by atoms with Crippen molar-refractivity contribution in [3.05, 3.63) is 29.3 Å². The van der Waals surface area contributed by atoms with Crippen LogP contribution in [0.4, 0.5) is 0 Å². The van der Waals surface area contributed by atoms with E-state index in [9.17, 15) is 4.79 Å². The highest BCUT2D eigenvalue weighted by Crippen LogP contribution is 2.31. The Bertz CT molecular complexity index is 403. The van der Waals surface area contributed by atoms with Gasteiger partial charge in [-0.05, 0) is 37.1 Å². The Hall–Kier alpha value is -1.55. The third kappa shape index (κ3) is 1.88. The van der Waals surface area contributed by atoms with Gasteiger partial charge in [0.2, 0.25) is 0 Å². The Kier molecular flexibility index (Phi) is 3.10. The number of aliphatic carboxylic acids is 1. The molecule has 86 valence electrons. The van der Waals surface area contributed by atoms with Gasteiger partial charge in [-0.2, -0.15) is 0 Å². The van der Waals surface area contributed by atoms with Gasteiger partial charge in [0, 0.05) is 0 Å². The first-order chi connectivity index (χ1) is 7.74. The van der Waals surface area contributed by atoms with Gasteiger partial charge in [0.25, 0.3) is 0 Å². The Morgan fingerprint density at radius 3 is 3.06 bits per heavy atom. The van der Waals surface area contributed by atoms with Crippen LogP contribution in [0.3, 0.4) is 0 Å². The van der Waals surface area contributed by atoms with E-state index in [-0.39, 0.29) is 0 Å². The molecule has 1 heterocycles. The van der Waals surface area contributed by atoms with Gasteiger partial charge >= 0.3 is 5.97 Å². The molecule has 4 nitrogen and oxygen atoms in total. The van der Waals surface area contributed by atoms with E-state index in [4.69, 9.17) is 9.84 Å². The summed E-state index contributed by atoms with van der Waals surface area (Å²) >= 11 is 0. The molecule has 0 aromatic heterocycles. The van der Waals surface area contributed by atoms with Crippen LogP contribution in [0.2, 0.25) is 0 Å². The molecule has 0 fully saturated rings. The van der Waals surface area contributed by atoms with Crippen LogP contribution in [0.25, 0.3) is 0 Å². The lowest BCUT2D eigenvalue weighted by Gasteiger charge is -2.22. The monoisotopic (exact) mass is 221 g/mol. The minimum atomic E-state index is -0.860. The van der Waals surface area contributed by atoms with Crippen LogP contribution in [0, 0.1) is 0 Å². The molecule has 4 heteroatoms. The molecule has 1 unspecified atom stereocenters. The summed E-state index contributed by atoms with van der Waals surface area (Å²) in [5.74, 6) is -0.0354. The Balaban J connectivity index is 2.43. The fourth-order valence-corrected chi connectivity index (χ4v) is 2.10. The molecule has 0 aliphatic carbocycles. The van der Waals surface area contributed by atoms with E-state index in [1.165, 1.54) is 0 Å². The molecule has 0 bridgehead atoms. The van der Waals surface area contributed by atoms with Crippen molar-refractivity contribution in [2.24, 2.45) is 0 Å². The average molecular weight is 221 g/mol. The second-order valence-electron chi connectivity index (χ2n) is 3.84. The second kappa shape index (κ2) is 4.53. The van der Waals surface area contributed by atoms with Crippen LogP contribution in [-0.4, -0.2) is 24.7 Å². The second-order valence-corrected chi connectivity index (χ2v) is 3.84. The lowest BCUT2D eigenvalue weighted by molar-refractivity contribution is -0.139. The predicted molar refractivity (Wildman–Crippen MR) is 59.7 cm³/mol. The molecular formula is C12H15NO3. The van der Waals surface area contributed by atoms with Gasteiger partial charge in [0.15, 0.2) is 0 Å². The van der Waals surface area contributed by atoms with E-state index in [1.807, 2.05) is 18.2 Å². The molecule has 0 amide bonds. The Morgan fingerprint density at radius 1 is 1.56 bits per heavy atom. The van der Waals surface area contributed by atoms with Gasteiger partial charge in [0.05, 0.1) is 6.61 Å². The summed E-state index contributed by atoms with van der Waals surface area (Å²) in [5, 5.41) is 11.9. The van der Waals surface area contributed by atoms with Crippen molar-refractivity contribution in [2.75, 3.05) is 13.7 Å². The van der Waals surface area contributed by atoms with Gasteiger partial charge in [-0.15, -0.1) is 0 Å². The number of likely N-dealkylation sites (N-methyl/N-ethyl adjacent to an activating group) is 1. The number of fused-ring (bicyclic) bond motifs is 1. The molecule has 0 spiro atoms. The number of ether oxygens (including phenoxy) is 1. The smallest absolute Gasteiger partial charge is 0.325 e. The summed E-state index contributed by atoms with van der Waals surface area (Å²) in [7, 11) is 1.65. The number of carbonyl (C=O) groups is 1. The van der Waals surface area contributed by atoms with Crippen LogP contribution in [0.1, 0.15) is 23.6 Å². The number of carboxylic acid groups (broad SMARTS) is 1. The van der Waals surface area contributed by atoms with E-state index in [1.54, 1.807) is 7.05 Å². The van der Waals surface area contributed by atoms with Crippen LogP contribution in [0.5, 0.6) is 5.75 Å². The van der Waals surface area contributed by atoms with E-state index in [2.05, 4.69) is 5.32 Å². The number of rotatable bonds is 3. The third-order valence-corrected chi connectivity index (χ3v) is 2.84. The fraction of sp³-hybridized carbons (Fsp3) is 0.417. The SMILES string of the molecule is CNC(C(=O)O)c1cccc2c1CCCO2. The first-order valence-corrected chi connectivity index (χ1v) is 5.38. The summed E-state index contributed by atoms with van der Waals surface area (Å²) < 4.78 is 5.52. The van der Waals surface area contributed by atoms with Gasteiger partial charge in [-0.3, -0.25) is 4.79 Å². The quantitative estimate of drug-likeness (QED) is 0.809. The molecule has 0 saturated heterocycles. The van der Waals surface area contributed by atoms with Crippen molar-refractivity contribution < 1.29 is 14.6 Å². The standard InChI is InChI=1S/C12H15NO3/c1-13-11(12(14)15)9-4-2-6-10-8(9)5-3-7-16-10/h2,4,6,11,13H,3,5,7H2,1H3,(H,14,15). The topological polar surface area (TPSA) is 58.6 Å². The maximum atomic E-state index is 11.1. The van der Waals surface area contributed by atoms with Crippen molar-refractivity contribution >= 4 is 5.97 Å². The molecule has 16 heavy (non-hydrogen) atoms. The van der Waals surface area contributed by atoms with Gasteiger partial charge in [0.1, 0.15) is 11.8 Å². The fourth-order valence-electron chi connectivity index (χ4n) is 2.10. The van der Waals surface area contributed by atoms with Crippen molar-refractivity contribution in [3.8, 4) is 5.75 Å². The summed E-state index contributed by atoms with van der Waals surface area (Å²) in [5.41, 5.74) is 1.84. The molecule has 1 aromatic carbocycles. The van der Waals surface area contributed by atoms with E-state index < -0.39 is 12.0 Å². The third-order valence-electron chi connectivity index (χ3n) is 2.84. The van der Waals surface area contributed by atoms with Crippen LogP contribution in [-0.2, 0) is 11.2 Å². The number of nitrogens with one attached hydrogen (secondary N) is 1. The summed E-state index contributed by atoms with van der Waals surface area (Å²) in [6.07, 6.45) is 1.83. The zero-order valence-corrected chi connectivity index (χ0v) is 9.19. The molecule has 2 N–H and O–H groups in total. The molecule has 1 aliphatic rings. The zero-order chi connectivity index (χ0) is 11.5. The predicted octanol–water partition coefficient (Wildman–Crippen LogP) is 1.36. The Morgan fingerprint density at radius 2 is 2.38 bits per heavy atom. The maximum absolute atomic E-state index is 11.1. The Labute approximate surface area is 94.2 Å². The zero-order valence-electron chi connectivity index (χ0n) is 9.19.